The second-order valence-corrected chi connectivity index (χ2v) is 6.58. The van der Waals surface area contributed by atoms with Crippen LogP contribution in [0.5, 0.6) is 0 Å². The van der Waals surface area contributed by atoms with E-state index in [0.29, 0.717) is 11.3 Å². The van der Waals surface area contributed by atoms with Gasteiger partial charge in [-0.05, 0) is 24.3 Å². The average Bonchev–Trinajstić information content (AvgIpc) is 3.00. The van der Waals surface area contributed by atoms with E-state index in [1.807, 2.05) is 54.4 Å². The van der Waals surface area contributed by atoms with Crippen molar-refractivity contribution in [3.05, 3.63) is 72.0 Å². The number of anilines is 2. The van der Waals surface area contributed by atoms with Gasteiger partial charge in [-0.2, -0.15) is 5.26 Å². The Balaban J connectivity index is 2.00. The van der Waals surface area contributed by atoms with Gasteiger partial charge in [-0.25, -0.2) is 4.39 Å². The standard InChI is InChI=1S/C20H13FN2S/c1-23(17-10-3-2-9-16(17)21)18-11-5-8-15-14-7-4-6-13(12-22)19(14)24-20(15)18/h2-11H,1H3. The maximum Gasteiger partial charge on any atom is 0.146 e. The number of fused-ring (bicyclic) bond motifs is 3. The maximum atomic E-state index is 14.2. The number of rotatable bonds is 2. The molecule has 1 aromatic heterocycles. The quantitative estimate of drug-likeness (QED) is 0.461. The van der Waals surface area contributed by atoms with Crippen LogP contribution in [0.2, 0.25) is 0 Å². The largest absolute Gasteiger partial charge is 0.341 e. The van der Waals surface area contributed by atoms with E-state index in [1.165, 1.54) is 6.07 Å². The van der Waals surface area contributed by atoms with E-state index in [1.54, 1.807) is 23.5 Å². The monoisotopic (exact) mass is 332 g/mol. The molecule has 4 rings (SSSR count). The van der Waals surface area contributed by atoms with Gasteiger partial charge in [-0.3, -0.25) is 0 Å². The lowest BCUT2D eigenvalue weighted by molar-refractivity contribution is 0.628. The van der Waals surface area contributed by atoms with Crippen LogP contribution in [0.15, 0.2) is 60.7 Å². The van der Waals surface area contributed by atoms with Crippen LogP contribution in [0.3, 0.4) is 0 Å². The first-order valence-corrected chi connectivity index (χ1v) is 8.35. The molecule has 0 aliphatic heterocycles. The van der Waals surface area contributed by atoms with Crippen LogP contribution in [0.4, 0.5) is 15.8 Å². The van der Waals surface area contributed by atoms with Gasteiger partial charge in [0.2, 0.25) is 0 Å². The molecule has 24 heavy (non-hydrogen) atoms. The van der Waals surface area contributed by atoms with Crippen molar-refractivity contribution in [2.24, 2.45) is 0 Å². The summed E-state index contributed by atoms with van der Waals surface area (Å²) in [5, 5.41) is 11.5. The molecule has 0 bridgehead atoms. The fourth-order valence-corrected chi connectivity index (χ4v) is 4.32. The minimum atomic E-state index is -0.254. The van der Waals surface area contributed by atoms with Crippen LogP contribution in [0, 0.1) is 17.1 Å². The van der Waals surface area contributed by atoms with Gasteiger partial charge < -0.3 is 4.90 Å². The van der Waals surface area contributed by atoms with E-state index in [2.05, 4.69) is 6.07 Å². The molecular formula is C20H13FN2S. The molecule has 0 aliphatic carbocycles. The first-order valence-electron chi connectivity index (χ1n) is 7.53. The molecule has 2 nitrogen and oxygen atoms in total. The van der Waals surface area contributed by atoms with Crippen LogP contribution in [-0.4, -0.2) is 7.05 Å². The molecule has 116 valence electrons. The Bertz CT molecular complexity index is 1110. The molecule has 0 amide bonds. The molecule has 0 saturated carbocycles. The third kappa shape index (κ3) is 2.14. The number of nitriles is 1. The van der Waals surface area contributed by atoms with Crippen LogP contribution in [-0.2, 0) is 0 Å². The Hall–Kier alpha value is -2.90. The van der Waals surface area contributed by atoms with Gasteiger partial charge in [-0.15, -0.1) is 11.3 Å². The summed E-state index contributed by atoms with van der Waals surface area (Å²) in [5.74, 6) is -0.254. The summed E-state index contributed by atoms with van der Waals surface area (Å²) in [6.07, 6.45) is 0. The third-order valence-corrected chi connectivity index (χ3v) is 5.48. The summed E-state index contributed by atoms with van der Waals surface area (Å²) in [7, 11) is 1.86. The van der Waals surface area contributed by atoms with E-state index in [9.17, 15) is 9.65 Å². The molecule has 4 heteroatoms. The summed E-state index contributed by atoms with van der Waals surface area (Å²) in [6.45, 7) is 0. The fraction of sp³-hybridized carbons (Fsp3) is 0.0500. The van der Waals surface area contributed by atoms with Gasteiger partial charge in [0, 0.05) is 17.8 Å². The Morgan fingerprint density at radius 1 is 0.875 bits per heavy atom. The van der Waals surface area contributed by atoms with Crippen molar-refractivity contribution in [2.75, 3.05) is 11.9 Å². The minimum absolute atomic E-state index is 0.254. The van der Waals surface area contributed by atoms with Gasteiger partial charge in [0.05, 0.1) is 26.3 Å². The second-order valence-electron chi connectivity index (χ2n) is 5.56. The van der Waals surface area contributed by atoms with Crippen molar-refractivity contribution < 1.29 is 4.39 Å². The predicted molar refractivity (Wildman–Crippen MR) is 98.5 cm³/mol. The molecule has 1 heterocycles. The van der Waals surface area contributed by atoms with Gasteiger partial charge in [0.1, 0.15) is 11.9 Å². The zero-order chi connectivity index (χ0) is 16.7. The highest BCUT2D eigenvalue weighted by Gasteiger charge is 2.16. The van der Waals surface area contributed by atoms with Gasteiger partial charge in [-0.1, -0.05) is 36.4 Å². The molecule has 0 fully saturated rings. The summed E-state index contributed by atoms with van der Waals surface area (Å²) in [4.78, 5) is 1.86. The number of benzene rings is 3. The Kier molecular flexibility index (Phi) is 3.44. The maximum absolute atomic E-state index is 14.2. The van der Waals surface area contributed by atoms with Crippen molar-refractivity contribution in [3.8, 4) is 6.07 Å². The highest BCUT2D eigenvalue weighted by molar-refractivity contribution is 7.26. The van der Waals surface area contributed by atoms with Crippen LogP contribution in [0.25, 0.3) is 20.2 Å². The third-order valence-electron chi connectivity index (χ3n) is 4.20. The smallest absolute Gasteiger partial charge is 0.146 e. The minimum Gasteiger partial charge on any atom is -0.341 e. The fourth-order valence-electron chi connectivity index (χ4n) is 3.01. The zero-order valence-electron chi connectivity index (χ0n) is 13.0. The lowest BCUT2D eigenvalue weighted by Crippen LogP contribution is -2.11. The molecule has 0 N–H and O–H groups in total. The van der Waals surface area contributed by atoms with Crippen molar-refractivity contribution >= 4 is 42.9 Å². The van der Waals surface area contributed by atoms with Crippen LogP contribution < -0.4 is 4.90 Å². The molecule has 0 saturated heterocycles. The summed E-state index contributed by atoms with van der Waals surface area (Å²) >= 11 is 1.58. The van der Waals surface area contributed by atoms with E-state index in [0.717, 1.165) is 25.9 Å². The highest BCUT2D eigenvalue weighted by Crippen LogP contribution is 2.42. The van der Waals surface area contributed by atoms with E-state index < -0.39 is 0 Å². The van der Waals surface area contributed by atoms with Crippen molar-refractivity contribution in [1.29, 1.82) is 5.26 Å². The molecule has 0 unspecified atom stereocenters. The van der Waals surface area contributed by atoms with Crippen molar-refractivity contribution in [1.82, 2.24) is 0 Å². The number of nitrogens with zero attached hydrogens (tertiary/aromatic N) is 2. The number of thiophene rings is 1. The molecule has 3 aromatic carbocycles. The lowest BCUT2D eigenvalue weighted by Gasteiger charge is -2.20. The van der Waals surface area contributed by atoms with Gasteiger partial charge >= 0.3 is 0 Å². The Morgan fingerprint density at radius 3 is 2.29 bits per heavy atom. The van der Waals surface area contributed by atoms with Crippen LogP contribution >= 0.6 is 11.3 Å². The summed E-state index contributed by atoms with van der Waals surface area (Å²) in [5.41, 5.74) is 2.14. The zero-order valence-corrected chi connectivity index (χ0v) is 13.8. The highest BCUT2D eigenvalue weighted by atomic mass is 32.1. The SMILES string of the molecule is CN(c1ccccc1F)c1cccc2c1sc1c(C#N)cccc12. The topological polar surface area (TPSA) is 27.0 Å². The van der Waals surface area contributed by atoms with Gasteiger partial charge in [0.15, 0.2) is 0 Å². The molecule has 0 aliphatic rings. The molecular weight excluding hydrogens is 319 g/mol. The van der Waals surface area contributed by atoms with Crippen molar-refractivity contribution in [3.63, 3.8) is 0 Å². The first kappa shape index (κ1) is 14.7. The normalized spacial score (nSPS) is 10.9. The average molecular weight is 332 g/mol. The molecule has 4 aromatic rings. The summed E-state index contributed by atoms with van der Waals surface area (Å²) < 4.78 is 16.2. The van der Waals surface area contributed by atoms with Crippen LogP contribution in [0.1, 0.15) is 5.56 Å². The Morgan fingerprint density at radius 2 is 1.54 bits per heavy atom. The molecule has 0 atom stereocenters. The van der Waals surface area contributed by atoms with E-state index in [-0.39, 0.29) is 5.82 Å². The van der Waals surface area contributed by atoms with Crippen molar-refractivity contribution in [2.45, 2.75) is 0 Å². The number of halogens is 1. The molecule has 0 spiro atoms. The number of hydrogen-bond acceptors (Lipinski definition) is 3. The molecule has 0 radical (unpaired) electrons. The summed E-state index contributed by atoms with van der Waals surface area (Å²) in [6, 6.07) is 20.8. The first-order chi connectivity index (χ1) is 11.7. The predicted octanol–water partition coefficient (Wildman–Crippen LogP) is 5.83. The number of para-hydroxylation sites is 1. The van der Waals surface area contributed by atoms with E-state index in [4.69, 9.17) is 0 Å². The van der Waals surface area contributed by atoms with Gasteiger partial charge in [0.25, 0.3) is 0 Å². The van der Waals surface area contributed by atoms with E-state index >= 15 is 0 Å². The lowest BCUT2D eigenvalue weighted by atomic mass is 10.1. The number of hydrogen-bond donors (Lipinski definition) is 0. The Labute approximate surface area is 143 Å². The second kappa shape index (κ2) is 5.63.